The third-order valence-electron chi connectivity index (χ3n) is 3.82. The van der Waals surface area contributed by atoms with Crippen molar-refractivity contribution in [2.75, 3.05) is 11.1 Å². The smallest absolute Gasteiger partial charge is 0.234 e. The zero-order valence-corrected chi connectivity index (χ0v) is 15.9. The molecule has 28 heavy (non-hydrogen) atoms. The van der Waals surface area contributed by atoms with Gasteiger partial charge in [0.25, 0.3) is 0 Å². The maximum Gasteiger partial charge on any atom is 0.234 e. The van der Waals surface area contributed by atoms with Gasteiger partial charge >= 0.3 is 0 Å². The molecule has 0 aliphatic rings. The van der Waals surface area contributed by atoms with Crippen molar-refractivity contribution in [3.8, 4) is 17.5 Å². The number of carbonyl (C=O) groups excluding carboxylic acids is 1. The normalized spacial score (nSPS) is 10.2. The SMILES string of the molecule is C=CCn1c(SCC(=O)Nc2ccc(CC#N)cc2)nnc1-c1ccncc1. The Labute approximate surface area is 167 Å². The van der Waals surface area contributed by atoms with Gasteiger partial charge in [-0.15, -0.1) is 16.8 Å². The fourth-order valence-corrected chi connectivity index (χ4v) is 3.28. The van der Waals surface area contributed by atoms with Crippen LogP contribution in [-0.2, 0) is 17.8 Å². The first kappa shape index (κ1) is 19.3. The van der Waals surface area contributed by atoms with E-state index in [-0.39, 0.29) is 11.7 Å². The first-order valence-electron chi connectivity index (χ1n) is 8.54. The Morgan fingerprint density at radius 3 is 2.64 bits per heavy atom. The molecule has 140 valence electrons. The molecule has 7 nitrogen and oxygen atoms in total. The number of carbonyl (C=O) groups is 1. The van der Waals surface area contributed by atoms with E-state index >= 15 is 0 Å². The first-order valence-corrected chi connectivity index (χ1v) is 9.53. The lowest BCUT2D eigenvalue weighted by molar-refractivity contribution is -0.113. The van der Waals surface area contributed by atoms with E-state index in [9.17, 15) is 4.79 Å². The Morgan fingerprint density at radius 2 is 1.96 bits per heavy atom. The number of hydrogen-bond donors (Lipinski definition) is 1. The lowest BCUT2D eigenvalue weighted by Crippen LogP contribution is -2.14. The topological polar surface area (TPSA) is 96.5 Å². The van der Waals surface area contributed by atoms with E-state index in [1.165, 1.54) is 11.8 Å². The van der Waals surface area contributed by atoms with Crippen LogP contribution >= 0.6 is 11.8 Å². The van der Waals surface area contributed by atoms with E-state index in [4.69, 9.17) is 5.26 Å². The van der Waals surface area contributed by atoms with Crippen LogP contribution in [0.4, 0.5) is 5.69 Å². The van der Waals surface area contributed by atoms with Gasteiger partial charge < -0.3 is 5.32 Å². The minimum absolute atomic E-state index is 0.142. The second-order valence-electron chi connectivity index (χ2n) is 5.81. The lowest BCUT2D eigenvalue weighted by atomic mass is 10.1. The molecule has 0 atom stereocenters. The standard InChI is InChI=1S/C20H18N6OS/c1-2-13-26-19(16-8-11-22-12-9-16)24-25-20(26)28-14-18(27)23-17-5-3-15(4-6-17)7-10-21/h2-6,8-9,11-12H,1,7,13-14H2,(H,23,27). The number of nitriles is 1. The molecule has 1 N–H and O–H groups in total. The molecule has 8 heteroatoms. The summed E-state index contributed by atoms with van der Waals surface area (Å²) in [6.07, 6.45) is 5.51. The number of allylic oxidation sites excluding steroid dienone is 1. The molecule has 1 amide bonds. The van der Waals surface area contributed by atoms with Crippen LogP contribution in [0, 0.1) is 11.3 Å². The number of anilines is 1. The van der Waals surface area contributed by atoms with Crippen molar-refractivity contribution < 1.29 is 4.79 Å². The largest absolute Gasteiger partial charge is 0.325 e. The summed E-state index contributed by atoms with van der Waals surface area (Å²) in [5, 5.41) is 20.7. The lowest BCUT2D eigenvalue weighted by Gasteiger charge is -2.08. The predicted molar refractivity (Wildman–Crippen MR) is 109 cm³/mol. The highest BCUT2D eigenvalue weighted by atomic mass is 32.2. The molecular weight excluding hydrogens is 372 g/mol. The second-order valence-corrected chi connectivity index (χ2v) is 6.75. The van der Waals surface area contributed by atoms with E-state index in [1.807, 2.05) is 28.8 Å². The zero-order valence-electron chi connectivity index (χ0n) is 15.1. The minimum atomic E-state index is -0.142. The van der Waals surface area contributed by atoms with Crippen LogP contribution in [0.2, 0.25) is 0 Å². The summed E-state index contributed by atoms with van der Waals surface area (Å²) in [4.78, 5) is 16.3. The Bertz CT molecular complexity index is 992. The number of thioether (sulfide) groups is 1. The van der Waals surface area contributed by atoms with Crippen molar-refractivity contribution in [2.24, 2.45) is 0 Å². The quantitative estimate of drug-likeness (QED) is 0.468. The van der Waals surface area contributed by atoms with Crippen molar-refractivity contribution in [1.29, 1.82) is 5.26 Å². The Morgan fingerprint density at radius 1 is 1.21 bits per heavy atom. The first-order chi connectivity index (χ1) is 13.7. The highest BCUT2D eigenvalue weighted by molar-refractivity contribution is 7.99. The van der Waals surface area contributed by atoms with Gasteiger partial charge in [-0.25, -0.2) is 0 Å². The zero-order chi connectivity index (χ0) is 19.8. The van der Waals surface area contributed by atoms with Crippen molar-refractivity contribution in [3.05, 3.63) is 67.0 Å². The summed E-state index contributed by atoms with van der Waals surface area (Å²) in [7, 11) is 0. The molecule has 1 aromatic carbocycles. The van der Waals surface area contributed by atoms with Crippen molar-refractivity contribution in [2.45, 2.75) is 18.1 Å². The highest BCUT2D eigenvalue weighted by Crippen LogP contribution is 2.24. The van der Waals surface area contributed by atoms with E-state index in [0.29, 0.717) is 29.6 Å². The second kappa shape index (κ2) is 9.48. The molecule has 2 aromatic heterocycles. The third-order valence-corrected chi connectivity index (χ3v) is 4.79. The number of benzene rings is 1. The molecule has 0 radical (unpaired) electrons. The number of nitrogens with one attached hydrogen (secondary N) is 1. The van der Waals surface area contributed by atoms with Gasteiger partial charge in [-0.05, 0) is 29.8 Å². The van der Waals surface area contributed by atoms with Crippen molar-refractivity contribution >= 4 is 23.4 Å². The summed E-state index contributed by atoms with van der Waals surface area (Å²) in [6, 6.07) is 13.1. The van der Waals surface area contributed by atoms with Crippen molar-refractivity contribution in [1.82, 2.24) is 19.7 Å². The Hall–Kier alpha value is -3.44. The van der Waals surface area contributed by atoms with Crippen molar-refractivity contribution in [3.63, 3.8) is 0 Å². The maximum absolute atomic E-state index is 12.3. The van der Waals surface area contributed by atoms with Gasteiger partial charge in [-0.2, -0.15) is 5.26 Å². The highest BCUT2D eigenvalue weighted by Gasteiger charge is 2.15. The van der Waals surface area contributed by atoms with Crippen LogP contribution in [0.25, 0.3) is 11.4 Å². The average molecular weight is 390 g/mol. The number of rotatable bonds is 8. The average Bonchev–Trinajstić information content (AvgIpc) is 3.12. The molecule has 0 saturated carbocycles. The fourth-order valence-electron chi connectivity index (χ4n) is 2.53. The number of aromatic nitrogens is 4. The van der Waals surface area contributed by atoms with Gasteiger partial charge in [0.2, 0.25) is 5.91 Å². The van der Waals surface area contributed by atoms with Crippen LogP contribution in [0.3, 0.4) is 0 Å². The predicted octanol–water partition coefficient (Wildman–Crippen LogP) is 3.32. The van der Waals surface area contributed by atoms with Crippen LogP contribution in [0.1, 0.15) is 5.56 Å². The summed E-state index contributed by atoms with van der Waals surface area (Å²) < 4.78 is 1.91. The Kier molecular flexibility index (Phi) is 6.54. The van der Waals surface area contributed by atoms with Gasteiger partial charge in [0.1, 0.15) is 0 Å². The maximum atomic E-state index is 12.3. The summed E-state index contributed by atoms with van der Waals surface area (Å²) in [5.41, 5.74) is 2.51. The molecule has 3 aromatic rings. The van der Waals surface area contributed by atoms with E-state index in [1.54, 1.807) is 30.6 Å². The minimum Gasteiger partial charge on any atom is -0.325 e. The fraction of sp³-hybridized carbons (Fsp3) is 0.150. The molecular formula is C20H18N6OS. The van der Waals surface area contributed by atoms with E-state index in [2.05, 4.69) is 33.1 Å². The third kappa shape index (κ3) is 4.84. The molecule has 0 aliphatic carbocycles. The molecule has 0 spiro atoms. The molecule has 2 heterocycles. The van der Waals surface area contributed by atoms with Gasteiger partial charge in [0.15, 0.2) is 11.0 Å². The van der Waals surface area contributed by atoms with Crippen LogP contribution in [-0.4, -0.2) is 31.4 Å². The van der Waals surface area contributed by atoms with Crippen LogP contribution in [0.5, 0.6) is 0 Å². The summed E-state index contributed by atoms with van der Waals surface area (Å²) in [6.45, 7) is 4.32. The van der Waals surface area contributed by atoms with E-state index in [0.717, 1.165) is 11.1 Å². The molecule has 0 saturated heterocycles. The number of pyridine rings is 1. The van der Waals surface area contributed by atoms with Gasteiger partial charge in [0, 0.05) is 30.2 Å². The Balaban J connectivity index is 1.65. The van der Waals surface area contributed by atoms with E-state index < -0.39 is 0 Å². The van der Waals surface area contributed by atoms with Crippen LogP contribution in [0.15, 0.2) is 66.6 Å². The van der Waals surface area contributed by atoms with Gasteiger partial charge in [0.05, 0.1) is 18.2 Å². The molecule has 0 aliphatic heterocycles. The molecule has 0 fully saturated rings. The summed E-state index contributed by atoms with van der Waals surface area (Å²) >= 11 is 1.31. The van der Waals surface area contributed by atoms with Gasteiger partial charge in [-0.3, -0.25) is 14.3 Å². The summed E-state index contributed by atoms with van der Waals surface area (Å²) in [5.74, 6) is 0.765. The molecule has 3 rings (SSSR count). The number of nitrogens with zero attached hydrogens (tertiary/aromatic N) is 5. The van der Waals surface area contributed by atoms with Crippen LogP contribution < -0.4 is 5.32 Å². The number of hydrogen-bond acceptors (Lipinski definition) is 6. The van der Waals surface area contributed by atoms with Gasteiger partial charge in [-0.1, -0.05) is 30.0 Å². The molecule has 0 unspecified atom stereocenters. The monoisotopic (exact) mass is 390 g/mol. The molecule has 0 bridgehead atoms. The number of amides is 1.